The summed E-state index contributed by atoms with van der Waals surface area (Å²) in [5.41, 5.74) is 3.09. The third kappa shape index (κ3) is 9.31. The first-order chi connectivity index (χ1) is 15.3. The van der Waals surface area contributed by atoms with Crippen LogP contribution in [0.3, 0.4) is 0 Å². The van der Waals surface area contributed by atoms with E-state index >= 15 is 0 Å². The van der Waals surface area contributed by atoms with E-state index in [4.69, 9.17) is 0 Å². The summed E-state index contributed by atoms with van der Waals surface area (Å²) in [6.45, 7) is 4.61. The van der Waals surface area contributed by atoms with Crippen LogP contribution in [0.25, 0.3) is 0 Å². The van der Waals surface area contributed by atoms with E-state index in [1.807, 2.05) is 0 Å². The molecule has 0 radical (unpaired) electrons. The van der Waals surface area contributed by atoms with Crippen molar-refractivity contribution in [2.24, 2.45) is 23.7 Å². The van der Waals surface area contributed by atoms with Gasteiger partial charge in [0.25, 0.3) is 0 Å². The fourth-order valence-corrected chi connectivity index (χ4v) is 6.40. The second-order valence-corrected chi connectivity index (χ2v) is 11.3. The zero-order valence-corrected chi connectivity index (χ0v) is 21.1. The van der Waals surface area contributed by atoms with E-state index in [0.717, 1.165) is 23.7 Å². The lowest BCUT2D eigenvalue weighted by molar-refractivity contribution is 0.208. The number of rotatable bonds is 13. The van der Waals surface area contributed by atoms with Crippen LogP contribution >= 0.6 is 0 Å². The Kier molecular flexibility index (Phi) is 11.5. The molecule has 3 rings (SSSR count). The zero-order valence-electron chi connectivity index (χ0n) is 21.1. The predicted octanol–water partition coefficient (Wildman–Crippen LogP) is 9.94. The molecule has 1 aromatic rings. The Morgan fingerprint density at radius 1 is 0.484 bits per heavy atom. The molecule has 0 atom stereocenters. The minimum Gasteiger partial charge on any atom is -0.0654 e. The van der Waals surface area contributed by atoms with E-state index in [2.05, 4.69) is 38.1 Å². The topological polar surface area (TPSA) is 0 Å². The smallest absolute Gasteiger partial charge is 0.0276 e. The van der Waals surface area contributed by atoms with Gasteiger partial charge in [-0.3, -0.25) is 0 Å². The molecule has 0 heteroatoms. The fourth-order valence-electron chi connectivity index (χ4n) is 6.40. The Balaban J connectivity index is 1.24. The fraction of sp³-hybridized carbons (Fsp3) is 0.806. The van der Waals surface area contributed by atoms with Crippen molar-refractivity contribution in [3.8, 4) is 0 Å². The largest absolute Gasteiger partial charge is 0.0654 e. The predicted molar refractivity (Wildman–Crippen MR) is 138 cm³/mol. The number of benzene rings is 1. The summed E-state index contributed by atoms with van der Waals surface area (Å²) in [4.78, 5) is 0. The summed E-state index contributed by atoms with van der Waals surface area (Å²) in [7, 11) is 0. The molecule has 176 valence electrons. The molecular formula is C31H52. The van der Waals surface area contributed by atoms with Crippen LogP contribution in [-0.2, 0) is 12.8 Å². The molecule has 2 aliphatic carbocycles. The SMILES string of the molecule is CCCCCC1CCC(CCC2CCC(CCc3ccc(CCCC)cc3)CC2)CC1. The summed E-state index contributed by atoms with van der Waals surface area (Å²) in [6.07, 6.45) is 27.7. The lowest BCUT2D eigenvalue weighted by Gasteiger charge is -2.32. The van der Waals surface area contributed by atoms with E-state index in [1.54, 1.807) is 37.7 Å². The van der Waals surface area contributed by atoms with Gasteiger partial charge in [-0.1, -0.05) is 134 Å². The van der Waals surface area contributed by atoms with E-state index in [-0.39, 0.29) is 0 Å². The molecule has 0 saturated heterocycles. The highest BCUT2D eigenvalue weighted by Crippen LogP contribution is 2.38. The molecule has 2 fully saturated rings. The average Bonchev–Trinajstić information content (AvgIpc) is 2.82. The number of hydrogen-bond acceptors (Lipinski definition) is 0. The molecule has 0 aliphatic heterocycles. The van der Waals surface area contributed by atoms with Crippen LogP contribution in [0.4, 0.5) is 0 Å². The standard InChI is InChI=1S/C31H52/c1-3-5-7-9-27-12-16-29(17-13-27)19-21-31-24-22-30(23-25-31)20-18-28-14-10-26(11-15-28)8-6-4-2/h10-11,14-15,27,29-31H,3-9,12-13,16-25H2,1-2H3. The van der Waals surface area contributed by atoms with Crippen molar-refractivity contribution in [3.05, 3.63) is 35.4 Å². The molecule has 0 N–H and O–H groups in total. The first kappa shape index (κ1) is 24.9. The monoisotopic (exact) mass is 424 g/mol. The number of unbranched alkanes of at least 4 members (excludes halogenated alkanes) is 3. The van der Waals surface area contributed by atoms with Gasteiger partial charge in [0.05, 0.1) is 0 Å². The molecule has 0 heterocycles. The zero-order chi connectivity index (χ0) is 21.7. The van der Waals surface area contributed by atoms with Crippen molar-refractivity contribution >= 4 is 0 Å². The normalized spacial score (nSPS) is 26.8. The molecule has 2 saturated carbocycles. The van der Waals surface area contributed by atoms with E-state index < -0.39 is 0 Å². The van der Waals surface area contributed by atoms with Gasteiger partial charge >= 0.3 is 0 Å². The summed E-state index contributed by atoms with van der Waals surface area (Å²) >= 11 is 0. The van der Waals surface area contributed by atoms with E-state index in [9.17, 15) is 0 Å². The lowest BCUT2D eigenvalue weighted by atomic mass is 9.74. The highest BCUT2D eigenvalue weighted by molar-refractivity contribution is 5.22. The minimum absolute atomic E-state index is 0.995. The number of hydrogen-bond donors (Lipinski definition) is 0. The van der Waals surface area contributed by atoms with Crippen molar-refractivity contribution < 1.29 is 0 Å². The minimum atomic E-state index is 0.995. The van der Waals surface area contributed by atoms with Crippen molar-refractivity contribution in [1.29, 1.82) is 0 Å². The maximum Gasteiger partial charge on any atom is -0.0276 e. The van der Waals surface area contributed by atoms with Crippen LogP contribution in [0.15, 0.2) is 24.3 Å². The Labute approximate surface area is 195 Å². The summed E-state index contributed by atoms with van der Waals surface area (Å²) in [5, 5.41) is 0. The summed E-state index contributed by atoms with van der Waals surface area (Å²) < 4.78 is 0. The Bertz CT molecular complexity index is 554. The third-order valence-corrected chi connectivity index (χ3v) is 8.81. The van der Waals surface area contributed by atoms with Crippen LogP contribution in [0.2, 0.25) is 0 Å². The Morgan fingerprint density at radius 2 is 0.903 bits per heavy atom. The van der Waals surface area contributed by atoms with Crippen molar-refractivity contribution in [2.75, 3.05) is 0 Å². The van der Waals surface area contributed by atoms with Gasteiger partial charge in [-0.2, -0.15) is 0 Å². The van der Waals surface area contributed by atoms with Gasteiger partial charge in [-0.25, -0.2) is 0 Å². The molecule has 0 nitrogen and oxygen atoms in total. The molecular weight excluding hydrogens is 372 g/mol. The molecule has 0 spiro atoms. The van der Waals surface area contributed by atoms with E-state index in [0.29, 0.717) is 0 Å². The third-order valence-electron chi connectivity index (χ3n) is 8.81. The van der Waals surface area contributed by atoms with E-state index in [1.165, 1.54) is 95.5 Å². The quantitative estimate of drug-likeness (QED) is 0.276. The Hall–Kier alpha value is -0.780. The summed E-state index contributed by atoms with van der Waals surface area (Å²) in [5.74, 6) is 4.19. The highest BCUT2D eigenvalue weighted by atomic mass is 14.3. The second-order valence-electron chi connectivity index (χ2n) is 11.3. The van der Waals surface area contributed by atoms with Gasteiger partial charge in [0.2, 0.25) is 0 Å². The van der Waals surface area contributed by atoms with Gasteiger partial charge in [-0.05, 0) is 60.5 Å². The van der Waals surface area contributed by atoms with Gasteiger partial charge in [0.15, 0.2) is 0 Å². The molecule has 31 heavy (non-hydrogen) atoms. The number of aryl methyl sites for hydroxylation is 2. The first-order valence-electron chi connectivity index (χ1n) is 14.3. The van der Waals surface area contributed by atoms with Crippen LogP contribution in [0, 0.1) is 23.7 Å². The lowest BCUT2D eigenvalue weighted by Crippen LogP contribution is -2.18. The van der Waals surface area contributed by atoms with Gasteiger partial charge < -0.3 is 0 Å². The Morgan fingerprint density at radius 3 is 1.39 bits per heavy atom. The van der Waals surface area contributed by atoms with Gasteiger partial charge in [0.1, 0.15) is 0 Å². The molecule has 2 aliphatic rings. The van der Waals surface area contributed by atoms with Crippen molar-refractivity contribution in [3.63, 3.8) is 0 Å². The highest BCUT2D eigenvalue weighted by Gasteiger charge is 2.24. The van der Waals surface area contributed by atoms with Crippen LogP contribution in [0.1, 0.15) is 134 Å². The van der Waals surface area contributed by atoms with Crippen LogP contribution < -0.4 is 0 Å². The van der Waals surface area contributed by atoms with Crippen LogP contribution in [-0.4, -0.2) is 0 Å². The molecule has 0 aromatic heterocycles. The van der Waals surface area contributed by atoms with Crippen LogP contribution in [0.5, 0.6) is 0 Å². The molecule has 0 unspecified atom stereocenters. The molecule has 1 aromatic carbocycles. The second kappa shape index (κ2) is 14.4. The van der Waals surface area contributed by atoms with Gasteiger partial charge in [0, 0.05) is 0 Å². The maximum atomic E-state index is 2.40. The molecule has 0 bridgehead atoms. The van der Waals surface area contributed by atoms with Crippen molar-refractivity contribution in [2.45, 2.75) is 136 Å². The summed E-state index contributed by atoms with van der Waals surface area (Å²) in [6, 6.07) is 9.55. The van der Waals surface area contributed by atoms with Gasteiger partial charge in [-0.15, -0.1) is 0 Å². The molecule has 0 amide bonds. The maximum absolute atomic E-state index is 2.40. The van der Waals surface area contributed by atoms with Crippen molar-refractivity contribution in [1.82, 2.24) is 0 Å². The first-order valence-corrected chi connectivity index (χ1v) is 14.3. The average molecular weight is 425 g/mol.